The molecule has 0 N–H and O–H groups in total. The number of unbranched alkanes of at least 4 members (excludes halogenated alkanes) is 16. The molecule has 1 atom stereocenters. The van der Waals surface area contributed by atoms with Gasteiger partial charge in [0.15, 0.2) is 0 Å². The van der Waals surface area contributed by atoms with Gasteiger partial charge in [0.1, 0.15) is 0 Å². The van der Waals surface area contributed by atoms with E-state index in [1.165, 1.54) is 103 Å². The number of carbonyl (C=O) groups excluding carboxylic acids is 1. The van der Waals surface area contributed by atoms with Crippen molar-refractivity contribution in [3.63, 3.8) is 0 Å². The monoisotopic (exact) mass is 432 g/mol. The van der Waals surface area contributed by atoms with Crippen LogP contribution in [-0.2, 0) is 9.53 Å². The summed E-state index contributed by atoms with van der Waals surface area (Å²) in [5, 5.41) is 0. The van der Waals surface area contributed by atoms with E-state index in [-0.39, 0.29) is 10.8 Å². The molecule has 1 unspecified atom stereocenters. The third-order valence-electron chi connectivity index (χ3n) is 4.96. The summed E-state index contributed by atoms with van der Waals surface area (Å²) in [5.74, 6) is -0.0779. The van der Waals surface area contributed by atoms with Crippen molar-refractivity contribution in [1.82, 2.24) is 0 Å². The van der Waals surface area contributed by atoms with E-state index in [1.54, 1.807) is 0 Å². The fourth-order valence-corrected chi connectivity index (χ4v) is 3.57. The second-order valence-corrected chi connectivity index (χ2v) is 9.43. The molecular weight excluding hydrogens is 388 g/mol. The number of hydrogen-bond acceptors (Lipinski definition) is 2. The third kappa shape index (κ3) is 22.0. The molecule has 156 valence electrons. The Hall–Kier alpha value is -0.0500. The average Bonchev–Trinajstić information content (AvgIpc) is 2.60. The van der Waals surface area contributed by atoms with Crippen LogP contribution in [0.4, 0.5) is 0 Å². The Morgan fingerprint density at radius 1 is 0.692 bits per heavy atom. The smallest absolute Gasteiger partial charge is 0.306 e. The lowest BCUT2D eigenvalue weighted by atomic mass is 10.0. The first-order valence-electron chi connectivity index (χ1n) is 11.5. The van der Waals surface area contributed by atoms with Crippen molar-refractivity contribution in [1.29, 1.82) is 0 Å². The Bertz CT molecular complexity index is 292. The van der Waals surface area contributed by atoms with Gasteiger partial charge in [-0.25, -0.2) is 0 Å². The fraction of sp³-hybridized carbons (Fsp3) is 0.957. The van der Waals surface area contributed by atoms with Crippen LogP contribution in [-0.4, -0.2) is 17.4 Å². The molecule has 0 aliphatic heterocycles. The van der Waals surface area contributed by atoms with Crippen LogP contribution in [0.1, 0.15) is 129 Å². The minimum Gasteiger partial charge on any atom is -0.466 e. The lowest BCUT2D eigenvalue weighted by Crippen LogP contribution is -2.09. The van der Waals surface area contributed by atoms with Crippen molar-refractivity contribution in [3.05, 3.63) is 0 Å². The van der Waals surface area contributed by atoms with E-state index in [9.17, 15) is 4.79 Å². The van der Waals surface area contributed by atoms with Crippen molar-refractivity contribution in [2.24, 2.45) is 0 Å². The molecule has 0 bridgehead atoms. The maximum absolute atomic E-state index is 11.4. The molecular formula is C23H45BrO2. The first kappa shape index (κ1) is 26.0. The molecule has 0 aliphatic rings. The minimum absolute atomic E-state index is 0.0779. The van der Waals surface area contributed by atoms with Crippen LogP contribution in [0.15, 0.2) is 0 Å². The molecule has 0 spiro atoms. The summed E-state index contributed by atoms with van der Waals surface area (Å²) >= 11 is 3.37. The summed E-state index contributed by atoms with van der Waals surface area (Å²) in [6.45, 7) is 4.85. The van der Waals surface area contributed by atoms with Crippen LogP contribution in [0.2, 0.25) is 0 Å². The zero-order valence-corrected chi connectivity index (χ0v) is 19.3. The van der Waals surface area contributed by atoms with Gasteiger partial charge in [-0.15, -0.1) is 0 Å². The molecule has 0 aliphatic carbocycles. The zero-order chi connectivity index (χ0) is 19.3. The molecule has 0 aromatic heterocycles. The zero-order valence-electron chi connectivity index (χ0n) is 17.7. The molecule has 0 fully saturated rings. The molecule has 0 aromatic carbocycles. The fourth-order valence-electron chi connectivity index (χ4n) is 3.30. The van der Waals surface area contributed by atoms with E-state index in [2.05, 4.69) is 22.9 Å². The Kier molecular flexibility index (Phi) is 21.2. The van der Waals surface area contributed by atoms with Crippen molar-refractivity contribution >= 4 is 21.9 Å². The van der Waals surface area contributed by atoms with E-state index in [1.807, 2.05) is 6.92 Å². The quantitative estimate of drug-likeness (QED) is 0.110. The predicted molar refractivity (Wildman–Crippen MR) is 118 cm³/mol. The van der Waals surface area contributed by atoms with Crippen LogP contribution >= 0.6 is 15.9 Å². The van der Waals surface area contributed by atoms with Crippen LogP contribution < -0.4 is 0 Å². The second-order valence-electron chi connectivity index (χ2n) is 7.86. The molecule has 26 heavy (non-hydrogen) atoms. The number of carbonyl (C=O) groups is 1. The molecule has 0 saturated heterocycles. The molecule has 0 rings (SSSR count). The number of rotatable bonds is 20. The third-order valence-corrected chi connectivity index (χ3v) is 5.28. The van der Waals surface area contributed by atoms with Crippen LogP contribution in [0.3, 0.4) is 0 Å². The first-order chi connectivity index (χ1) is 12.7. The van der Waals surface area contributed by atoms with E-state index >= 15 is 0 Å². The van der Waals surface area contributed by atoms with Crippen molar-refractivity contribution in [2.75, 3.05) is 6.61 Å². The van der Waals surface area contributed by atoms with Gasteiger partial charge in [0.05, 0.1) is 13.0 Å². The van der Waals surface area contributed by atoms with Gasteiger partial charge in [-0.3, -0.25) is 4.79 Å². The van der Waals surface area contributed by atoms with Gasteiger partial charge in [-0.05, 0) is 6.42 Å². The molecule has 0 saturated carbocycles. The number of esters is 1. The molecule has 2 nitrogen and oxygen atoms in total. The molecule has 0 amide bonds. The normalized spacial score (nSPS) is 12.3. The Labute approximate surface area is 172 Å². The van der Waals surface area contributed by atoms with Gasteiger partial charge in [-0.2, -0.15) is 0 Å². The highest BCUT2D eigenvalue weighted by Gasteiger charge is 2.06. The highest BCUT2D eigenvalue weighted by Crippen LogP contribution is 2.14. The highest BCUT2D eigenvalue weighted by molar-refractivity contribution is 9.09. The molecule has 0 aromatic rings. The van der Waals surface area contributed by atoms with Gasteiger partial charge >= 0.3 is 5.97 Å². The SMILES string of the molecule is CCCCCCCCCCCCCCCCCCCOC(=O)CC(C)Br. The van der Waals surface area contributed by atoms with Crippen LogP contribution in [0.5, 0.6) is 0 Å². The van der Waals surface area contributed by atoms with Crippen LogP contribution in [0, 0.1) is 0 Å². The number of halogens is 1. The Balaban J connectivity index is 3.06. The Morgan fingerprint density at radius 2 is 1.04 bits per heavy atom. The number of ether oxygens (including phenoxy) is 1. The summed E-state index contributed by atoms with van der Waals surface area (Å²) in [4.78, 5) is 11.6. The number of hydrogen-bond donors (Lipinski definition) is 0. The van der Waals surface area contributed by atoms with Crippen LogP contribution in [0.25, 0.3) is 0 Å². The maximum Gasteiger partial charge on any atom is 0.306 e. The largest absolute Gasteiger partial charge is 0.466 e. The minimum atomic E-state index is -0.0779. The van der Waals surface area contributed by atoms with E-state index < -0.39 is 0 Å². The lowest BCUT2D eigenvalue weighted by Gasteiger charge is -2.06. The lowest BCUT2D eigenvalue weighted by molar-refractivity contribution is -0.143. The van der Waals surface area contributed by atoms with Gasteiger partial charge < -0.3 is 4.74 Å². The van der Waals surface area contributed by atoms with E-state index in [4.69, 9.17) is 4.74 Å². The first-order valence-corrected chi connectivity index (χ1v) is 12.4. The van der Waals surface area contributed by atoms with Gasteiger partial charge in [0.2, 0.25) is 0 Å². The van der Waals surface area contributed by atoms with Gasteiger partial charge in [-0.1, -0.05) is 133 Å². The molecule has 0 heterocycles. The summed E-state index contributed by atoms with van der Waals surface area (Å²) < 4.78 is 5.21. The summed E-state index contributed by atoms with van der Waals surface area (Å²) in [6, 6.07) is 0. The average molecular weight is 434 g/mol. The molecule has 3 heteroatoms. The standard InChI is InChI=1S/C23H45BrO2/c1-3-4-5-6-7-8-9-10-11-12-13-14-15-16-17-18-19-20-26-23(25)21-22(2)24/h22H,3-21H2,1-2H3. The van der Waals surface area contributed by atoms with E-state index in [0.717, 1.165) is 6.42 Å². The van der Waals surface area contributed by atoms with Crippen molar-refractivity contribution in [2.45, 2.75) is 134 Å². The Morgan fingerprint density at radius 3 is 1.38 bits per heavy atom. The summed E-state index contributed by atoms with van der Waals surface area (Å²) in [6.07, 6.45) is 23.8. The second kappa shape index (κ2) is 21.3. The number of alkyl halides is 1. The van der Waals surface area contributed by atoms with Crippen molar-refractivity contribution < 1.29 is 9.53 Å². The van der Waals surface area contributed by atoms with Gasteiger partial charge in [0.25, 0.3) is 0 Å². The highest BCUT2D eigenvalue weighted by atomic mass is 79.9. The maximum atomic E-state index is 11.4. The predicted octanol–water partition coefficient (Wildman–Crippen LogP) is 8.35. The topological polar surface area (TPSA) is 26.3 Å². The van der Waals surface area contributed by atoms with E-state index in [0.29, 0.717) is 13.0 Å². The van der Waals surface area contributed by atoms with Crippen molar-refractivity contribution in [3.8, 4) is 0 Å². The van der Waals surface area contributed by atoms with Gasteiger partial charge in [0, 0.05) is 4.83 Å². The molecule has 0 radical (unpaired) electrons. The summed E-state index contributed by atoms with van der Waals surface area (Å²) in [5.41, 5.74) is 0. The summed E-state index contributed by atoms with van der Waals surface area (Å²) in [7, 11) is 0.